The molecule has 10 heteroatoms. The second kappa shape index (κ2) is 13.6. The quantitative estimate of drug-likeness (QED) is 0.248. The Hall–Kier alpha value is -4.21. The summed E-state index contributed by atoms with van der Waals surface area (Å²) < 4.78 is 42.7. The normalized spacial score (nSPS) is 11.9. The highest BCUT2D eigenvalue weighted by Crippen LogP contribution is 2.29. The van der Waals surface area contributed by atoms with E-state index in [0.717, 1.165) is 9.87 Å². The Kier molecular flexibility index (Phi) is 9.98. The average Bonchev–Trinajstić information content (AvgIpc) is 2.99. The van der Waals surface area contributed by atoms with E-state index in [-0.39, 0.29) is 23.5 Å². The molecule has 0 saturated heterocycles. The SMILES string of the molecule is CNC(=O)C(Cc1ccccc1)N(Cc1ccc(F)cc1)C(=O)CN(c1ccc(Cl)cc1C)S(=O)(=O)c1ccccc1. The van der Waals surface area contributed by atoms with Crippen molar-refractivity contribution in [2.24, 2.45) is 0 Å². The van der Waals surface area contributed by atoms with Crippen molar-refractivity contribution < 1.29 is 22.4 Å². The summed E-state index contributed by atoms with van der Waals surface area (Å²) in [5.74, 6) is -1.48. The van der Waals surface area contributed by atoms with E-state index in [1.165, 1.54) is 48.3 Å². The molecule has 2 amide bonds. The van der Waals surface area contributed by atoms with Gasteiger partial charge in [-0.05, 0) is 66.1 Å². The lowest BCUT2D eigenvalue weighted by Gasteiger charge is -2.34. The number of benzene rings is 4. The molecule has 1 atom stereocenters. The van der Waals surface area contributed by atoms with E-state index in [1.807, 2.05) is 30.3 Å². The number of halogens is 2. The van der Waals surface area contributed by atoms with E-state index in [2.05, 4.69) is 5.32 Å². The van der Waals surface area contributed by atoms with Gasteiger partial charge in [-0.1, -0.05) is 72.3 Å². The van der Waals surface area contributed by atoms with Crippen molar-refractivity contribution in [3.8, 4) is 0 Å². The van der Waals surface area contributed by atoms with Crippen molar-refractivity contribution >= 4 is 39.1 Å². The van der Waals surface area contributed by atoms with Crippen LogP contribution in [0.15, 0.2) is 108 Å². The van der Waals surface area contributed by atoms with Gasteiger partial charge in [-0.25, -0.2) is 12.8 Å². The third-order valence-electron chi connectivity index (χ3n) is 6.82. The summed E-state index contributed by atoms with van der Waals surface area (Å²) in [6.45, 7) is 1.06. The topological polar surface area (TPSA) is 86.8 Å². The molecular weight excluding hydrogens is 577 g/mol. The van der Waals surface area contributed by atoms with Gasteiger partial charge in [-0.15, -0.1) is 0 Å². The van der Waals surface area contributed by atoms with Crippen LogP contribution in [-0.2, 0) is 32.6 Å². The molecule has 0 aliphatic rings. The van der Waals surface area contributed by atoms with Crippen molar-refractivity contribution in [2.75, 3.05) is 17.9 Å². The van der Waals surface area contributed by atoms with Crippen molar-refractivity contribution in [3.05, 3.63) is 131 Å². The zero-order valence-corrected chi connectivity index (χ0v) is 24.8. The molecule has 0 radical (unpaired) electrons. The zero-order chi connectivity index (χ0) is 30.3. The number of amides is 2. The third-order valence-corrected chi connectivity index (χ3v) is 8.83. The maximum absolute atomic E-state index is 14.2. The molecule has 1 N–H and O–H groups in total. The Morgan fingerprint density at radius 2 is 1.50 bits per heavy atom. The number of rotatable bonds is 11. The van der Waals surface area contributed by atoms with E-state index in [9.17, 15) is 22.4 Å². The van der Waals surface area contributed by atoms with Crippen molar-refractivity contribution in [1.29, 1.82) is 0 Å². The van der Waals surface area contributed by atoms with Gasteiger partial charge in [0.15, 0.2) is 0 Å². The maximum Gasteiger partial charge on any atom is 0.264 e. The number of nitrogens with one attached hydrogen (secondary N) is 1. The number of hydrogen-bond acceptors (Lipinski definition) is 4. The second-order valence-electron chi connectivity index (χ2n) is 9.72. The summed E-state index contributed by atoms with van der Waals surface area (Å²) in [4.78, 5) is 28.9. The summed E-state index contributed by atoms with van der Waals surface area (Å²) >= 11 is 6.17. The van der Waals surface area contributed by atoms with Gasteiger partial charge < -0.3 is 10.2 Å². The average molecular weight is 608 g/mol. The maximum atomic E-state index is 14.2. The number of sulfonamides is 1. The van der Waals surface area contributed by atoms with E-state index in [4.69, 9.17) is 11.6 Å². The number of nitrogens with zero attached hydrogens (tertiary/aromatic N) is 2. The lowest BCUT2D eigenvalue weighted by atomic mass is 10.0. The summed E-state index contributed by atoms with van der Waals surface area (Å²) in [5, 5.41) is 3.05. The largest absolute Gasteiger partial charge is 0.357 e. The van der Waals surface area contributed by atoms with E-state index < -0.39 is 40.2 Å². The van der Waals surface area contributed by atoms with Gasteiger partial charge in [-0.3, -0.25) is 13.9 Å². The molecule has 0 aromatic heterocycles. The summed E-state index contributed by atoms with van der Waals surface area (Å²) in [6.07, 6.45) is 0.179. The highest BCUT2D eigenvalue weighted by atomic mass is 35.5. The van der Waals surface area contributed by atoms with E-state index >= 15 is 0 Å². The first kappa shape index (κ1) is 30.7. The van der Waals surface area contributed by atoms with E-state index in [0.29, 0.717) is 16.1 Å². The number of hydrogen-bond donors (Lipinski definition) is 1. The number of anilines is 1. The summed E-state index contributed by atoms with van der Waals surface area (Å²) in [5.41, 5.74) is 2.21. The predicted octanol–water partition coefficient (Wildman–Crippen LogP) is 5.37. The molecule has 1 unspecified atom stereocenters. The smallest absolute Gasteiger partial charge is 0.264 e. The van der Waals surface area contributed by atoms with Gasteiger partial charge >= 0.3 is 0 Å². The van der Waals surface area contributed by atoms with Gasteiger partial charge in [0.05, 0.1) is 10.6 Å². The fourth-order valence-electron chi connectivity index (χ4n) is 4.64. The van der Waals surface area contributed by atoms with Crippen LogP contribution in [0.3, 0.4) is 0 Å². The van der Waals surface area contributed by atoms with Gasteiger partial charge in [0.1, 0.15) is 18.4 Å². The lowest BCUT2D eigenvalue weighted by Crippen LogP contribution is -2.53. The molecule has 4 aromatic rings. The van der Waals surface area contributed by atoms with E-state index in [1.54, 1.807) is 43.3 Å². The fraction of sp³-hybridized carbons (Fsp3) is 0.188. The minimum absolute atomic E-state index is 0.00405. The van der Waals surface area contributed by atoms with Crippen LogP contribution in [0.5, 0.6) is 0 Å². The third kappa shape index (κ3) is 7.35. The van der Waals surface area contributed by atoms with Crippen LogP contribution in [0, 0.1) is 12.7 Å². The number of carbonyl (C=O) groups is 2. The Morgan fingerprint density at radius 1 is 0.881 bits per heavy atom. The number of aryl methyl sites for hydroxylation is 1. The molecule has 4 aromatic carbocycles. The zero-order valence-electron chi connectivity index (χ0n) is 23.2. The van der Waals surface area contributed by atoms with Crippen molar-refractivity contribution in [1.82, 2.24) is 10.2 Å². The minimum Gasteiger partial charge on any atom is -0.357 e. The highest BCUT2D eigenvalue weighted by molar-refractivity contribution is 7.92. The molecule has 218 valence electrons. The van der Waals surface area contributed by atoms with Crippen LogP contribution in [0.2, 0.25) is 5.02 Å². The first-order chi connectivity index (χ1) is 20.1. The monoisotopic (exact) mass is 607 g/mol. The molecule has 0 saturated carbocycles. The molecule has 0 aliphatic carbocycles. The molecular formula is C32H31ClFN3O4S. The van der Waals surface area contributed by atoms with Gasteiger partial charge in [0.2, 0.25) is 11.8 Å². The Labute approximate surface area is 250 Å². The first-order valence-electron chi connectivity index (χ1n) is 13.2. The number of likely N-dealkylation sites (N-methyl/N-ethyl adjacent to an activating group) is 1. The molecule has 0 spiro atoms. The van der Waals surface area contributed by atoms with Gasteiger partial charge in [0, 0.05) is 25.0 Å². The predicted molar refractivity (Wildman–Crippen MR) is 162 cm³/mol. The van der Waals surface area contributed by atoms with Crippen LogP contribution < -0.4 is 9.62 Å². The standard InChI is InChI=1S/C32H31ClFN3O4S/c1-23-19-26(33)15-18-29(23)37(42(40,41)28-11-7-4-8-12-28)22-31(38)36(21-25-13-16-27(34)17-14-25)30(32(39)35-2)20-24-9-5-3-6-10-24/h3-19,30H,20-22H2,1-2H3,(H,35,39). The Morgan fingerprint density at radius 3 is 2.10 bits per heavy atom. The molecule has 0 heterocycles. The Bertz CT molecular complexity index is 1640. The van der Waals surface area contributed by atoms with Crippen LogP contribution >= 0.6 is 11.6 Å². The molecule has 0 aliphatic heterocycles. The summed E-state index contributed by atoms with van der Waals surface area (Å²) in [7, 11) is -2.74. The molecule has 4 rings (SSSR count). The van der Waals surface area contributed by atoms with Crippen LogP contribution in [0.25, 0.3) is 0 Å². The van der Waals surface area contributed by atoms with Crippen LogP contribution in [0.1, 0.15) is 16.7 Å². The second-order valence-corrected chi connectivity index (χ2v) is 12.0. The molecule has 0 bridgehead atoms. The number of carbonyl (C=O) groups excluding carboxylic acids is 2. The van der Waals surface area contributed by atoms with Crippen LogP contribution in [-0.4, -0.2) is 44.8 Å². The van der Waals surface area contributed by atoms with Gasteiger partial charge in [0.25, 0.3) is 10.0 Å². The molecule has 0 fully saturated rings. The first-order valence-corrected chi connectivity index (χ1v) is 15.1. The van der Waals surface area contributed by atoms with Crippen molar-refractivity contribution in [2.45, 2.75) is 30.8 Å². The minimum atomic E-state index is -4.21. The van der Waals surface area contributed by atoms with Gasteiger partial charge in [-0.2, -0.15) is 0 Å². The van der Waals surface area contributed by atoms with Crippen LogP contribution in [0.4, 0.5) is 10.1 Å². The highest BCUT2D eigenvalue weighted by Gasteiger charge is 2.34. The molecule has 7 nitrogen and oxygen atoms in total. The Balaban J connectivity index is 1.80. The lowest BCUT2D eigenvalue weighted by molar-refractivity contribution is -0.139. The summed E-state index contributed by atoms with van der Waals surface area (Å²) in [6, 6.07) is 26.4. The molecule has 42 heavy (non-hydrogen) atoms. The van der Waals surface area contributed by atoms with Crippen molar-refractivity contribution in [3.63, 3.8) is 0 Å². The fourth-order valence-corrected chi connectivity index (χ4v) is 6.37.